The van der Waals surface area contributed by atoms with Gasteiger partial charge in [-0.2, -0.15) is 0 Å². The molecule has 0 radical (unpaired) electrons. The first-order chi connectivity index (χ1) is 14.1. The van der Waals surface area contributed by atoms with Crippen molar-refractivity contribution in [1.29, 1.82) is 0 Å². The van der Waals surface area contributed by atoms with Crippen LogP contribution in [-0.2, 0) is 17.7 Å². The van der Waals surface area contributed by atoms with Gasteiger partial charge in [-0.25, -0.2) is 4.79 Å². The Labute approximate surface area is 169 Å². The number of anilines is 1. The van der Waals surface area contributed by atoms with Crippen LogP contribution in [0.25, 0.3) is 0 Å². The number of hydrogen-bond donors (Lipinski definition) is 0. The zero-order valence-electron chi connectivity index (χ0n) is 15.9. The summed E-state index contributed by atoms with van der Waals surface area (Å²) < 4.78 is 5.47. The number of aryl methyl sites for hydroxylation is 1. The van der Waals surface area contributed by atoms with Gasteiger partial charge in [0.1, 0.15) is 0 Å². The molecule has 0 atom stereocenters. The van der Waals surface area contributed by atoms with Crippen LogP contribution in [0.3, 0.4) is 0 Å². The lowest BCUT2D eigenvalue weighted by Crippen LogP contribution is -2.31. The van der Waals surface area contributed by atoms with Gasteiger partial charge in [0, 0.05) is 12.1 Å². The molecule has 29 heavy (non-hydrogen) atoms. The number of non-ortho nitro benzene ring substituents is 1. The second kappa shape index (κ2) is 10.0. The summed E-state index contributed by atoms with van der Waals surface area (Å²) in [5.41, 5.74) is 2.44. The molecule has 6 nitrogen and oxygen atoms in total. The molecule has 0 heterocycles. The van der Waals surface area contributed by atoms with Gasteiger partial charge in [-0.1, -0.05) is 66.7 Å². The van der Waals surface area contributed by atoms with Crippen LogP contribution in [0.1, 0.15) is 17.5 Å². The van der Waals surface area contributed by atoms with E-state index in [9.17, 15) is 14.9 Å². The van der Waals surface area contributed by atoms with Gasteiger partial charge >= 0.3 is 6.09 Å². The van der Waals surface area contributed by atoms with Gasteiger partial charge in [0.15, 0.2) is 0 Å². The largest absolute Gasteiger partial charge is 0.449 e. The predicted molar refractivity (Wildman–Crippen MR) is 112 cm³/mol. The summed E-state index contributed by atoms with van der Waals surface area (Å²) in [6, 6.07) is 25.4. The molecule has 6 heteroatoms. The third kappa shape index (κ3) is 5.90. The van der Waals surface area contributed by atoms with Crippen LogP contribution < -0.4 is 4.90 Å². The zero-order valence-corrected chi connectivity index (χ0v) is 15.9. The number of carbonyl (C=O) groups is 1. The Morgan fingerprint density at radius 1 is 0.897 bits per heavy atom. The molecule has 0 aromatic heterocycles. The standard InChI is InChI=1S/C23H22N2O4/c26-23(29-16-8-13-19-9-3-1-4-10-19)24(18-20-11-5-2-6-12-20)21-14-7-15-22(17-21)25(27)28/h1-7,9-12,14-15,17H,8,13,16,18H2. The Morgan fingerprint density at radius 3 is 2.21 bits per heavy atom. The molecule has 0 aliphatic rings. The number of benzene rings is 3. The van der Waals surface area contributed by atoms with Crippen LogP contribution >= 0.6 is 0 Å². The molecule has 1 amide bonds. The van der Waals surface area contributed by atoms with Crippen molar-refractivity contribution < 1.29 is 14.5 Å². The van der Waals surface area contributed by atoms with E-state index in [1.54, 1.807) is 12.1 Å². The smallest absolute Gasteiger partial charge is 0.414 e. The van der Waals surface area contributed by atoms with E-state index in [4.69, 9.17) is 4.74 Å². The zero-order chi connectivity index (χ0) is 20.5. The summed E-state index contributed by atoms with van der Waals surface area (Å²) in [6.07, 6.45) is 0.982. The Hall–Kier alpha value is -3.67. The van der Waals surface area contributed by atoms with Crippen molar-refractivity contribution in [3.63, 3.8) is 0 Å². The van der Waals surface area contributed by atoms with Crippen LogP contribution in [0.4, 0.5) is 16.2 Å². The molecule has 0 N–H and O–H groups in total. The summed E-state index contributed by atoms with van der Waals surface area (Å²) in [5.74, 6) is 0. The van der Waals surface area contributed by atoms with Crippen molar-refractivity contribution >= 4 is 17.5 Å². The molecule has 3 aromatic rings. The first-order valence-electron chi connectivity index (χ1n) is 9.40. The van der Waals surface area contributed by atoms with E-state index in [0.717, 1.165) is 12.0 Å². The molecule has 0 saturated heterocycles. The molecule has 0 spiro atoms. The molecule has 3 rings (SSSR count). The number of rotatable bonds is 8. The summed E-state index contributed by atoms with van der Waals surface area (Å²) in [5, 5.41) is 11.1. The van der Waals surface area contributed by atoms with Gasteiger partial charge in [-0.15, -0.1) is 0 Å². The number of amides is 1. The van der Waals surface area contributed by atoms with Crippen LogP contribution in [-0.4, -0.2) is 17.6 Å². The van der Waals surface area contributed by atoms with Crippen molar-refractivity contribution in [2.75, 3.05) is 11.5 Å². The van der Waals surface area contributed by atoms with E-state index >= 15 is 0 Å². The normalized spacial score (nSPS) is 10.3. The highest BCUT2D eigenvalue weighted by Crippen LogP contribution is 2.23. The number of nitrogens with zero attached hydrogens (tertiary/aromatic N) is 2. The molecule has 0 aliphatic carbocycles. The molecule has 148 valence electrons. The van der Waals surface area contributed by atoms with Crippen LogP contribution in [0, 0.1) is 10.1 Å². The third-order valence-electron chi connectivity index (χ3n) is 4.43. The molecule has 0 bridgehead atoms. The molecular weight excluding hydrogens is 368 g/mol. The molecular formula is C23H22N2O4. The number of nitro groups is 1. The van der Waals surface area contributed by atoms with E-state index in [2.05, 4.69) is 0 Å². The number of carbonyl (C=O) groups excluding carboxylic acids is 1. The Bertz CT molecular complexity index is 945. The molecule has 0 unspecified atom stereocenters. The highest BCUT2D eigenvalue weighted by atomic mass is 16.6. The van der Waals surface area contributed by atoms with Crippen molar-refractivity contribution in [3.8, 4) is 0 Å². The lowest BCUT2D eigenvalue weighted by Gasteiger charge is -2.22. The predicted octanol–water partition coefficient (Wildman–Crippen LogP) is 5.37. The summed E-state index contributed by atoms with van der Waals surface area (Å²) in [4.78, 5) is 24.8. The van der Waals surface area contributed by atoms with E-state index in [1.807, 2.05) is 60.7 Å². The summed E-state index contributed by atoms with van der Waals surface area (Å²) in [6.45, 7) is 0.535. The van der Waals surface area contributed by atoms with E-state index in [1.165, 1.54) is 22.6 Å². The highest BCUT2D eigenvalue weighted by Gasteiger charge is 2.20. The van der Waals surface area contributed by atoms with E-state index in [0.29, 0.717) is 12.1 Å². The lowest BCUT2D eigenvalue weighted by molar-refractivity contribution is -0.384. The minimum Gasteiger partial charge on any atom is -0.449 e. The summed E-state index contributed by atoms with van der Waals surface area (Å²) >= 11 is 0. The van der Waals surface area contributed by atoms with Gasteiger partial charge in [-0.05, 0) is 30.0 Å². The lowest BCUT2D eigenvalue weighted by atomic mass is 10.1. The number of ether oxygens (including phenoxy) is 1. The maximum Gasteiger partial charge on any atom is 0.414 e. The second-order valence-electron chi connectivity index (χ2n) is 6.55. The third-order valence-corrected chi connectivity index (χ3v) is 4.43. The Morgan fingerprint density at radius 2 is 1.55 bits per heavy atom. The first kappa shape index (κ1) is 20.1. The van der Waals surface area contributed by atoms with Gasteiger partial charge in [0.25, 0.3) is 5.69 Å². The first-order valence-corrected chi connectivity index (χ1v) is 9.40. The topological polar surface area (TPSA) is 72.7 Å². The van der Waals surface area contributed by atoms with Crippen molar-refractivity contribution in [3.05, 3.63) is 106 Å². The van der Waals surface area contributed by atoms with Crippen molar-refractivity contribution in [2.24, 2.45) is 0 Å². The molecule has 0 aliphatic heterocycles. The monoisotopic (exact) mass is 390 g/mol. The summed E-state index contributed by atoms with van der Waals surface area (Å²) in [7, 11) is 0. The number of hydrogen-bond acceptors (Lipinski definition) is 4. The van der Waals surface area contributed by atoms with Crippen molar-refractivity contribution in [1.82, 2.24) is 0 Å². The van der Waals surface area contributed by atoms with Gasteiger partial charge in [-0.3, -0.25) is 15.0 Å². The van der Waals surface area contributed by atoms with Crippen LogP contribution in [0.5, 0.6) is 0 Å². The van der Waals surface area contributed by atoms with Crippen molar-refractivity contribution in [2.45, 2.75) is 19.4 Å². The average molecular weight is 390 g/mol. The van der Waals surface area contributed by atoms with Crippen LogP contribution in [0.15, 0.2) is 84.9 Å². The quantitative estimate of drug-likeness (QED) is 0.294. The fourth-order valence-electron chi connectivity index (χ4n) is 2.96. The van der Waals surface area contributed by atoms with E-state index in [-0.39, 0.29) is 18.8 Å². The highest BCUT2D eigenvalue weighted by molar-refractivity contribution is 5.88. The maximum atomic E-state index is 12.8. The Balaban J connectivity index is 1.69. The maximum absolute atomic E-state index is 12.8. The fraction of sp³-hybridized carbons (Fsp3) is 0.174. The minimum absolute atomic E-state index is 0.0718. The minimum atomic E-state index is -0.526. The van der Waals surface area contributed by atoms with Gasteiger partial charge in [0.05, 0.1) is 23.8 Å². The second-order valence-corrected chi connectivity index (χ2v) is 6.55. The van der Waals surface area contributed by atoms with Gasteiger partial charge in [0.2, 0.25) is 0 Å². The fourth-order valence-corrected chi connectivity index (χ4v) is 2.96. The van der Waals surface area contributed by atoms with E-state index < -0.39 is 11.0 Å². The van der Waals surface area contributed by atoms with Crippen LogP contribution in [0.2, 0.25) is 0 Å². The average Bonchev–Trinajstić information content (AvgIpc) is 2.76. The van der Waals surface area contributed by atoms with Gasteiger partial charge < -0.3 is 4.74 Å². The number of nitro benzene ring substituents is 1. The SMILES string of the molecule is O=C(OCCCc1ccccc1)N(Cc1ccccc1)c1cccc([N+](=O)[O-])c1. The molecule has 0 saturated carbocycles. The molecule has 0 fully saturated rings. The Kier molecular flexibility index (Phi) is 6.95. The molecule has 3 aromatic carbocycles.